The Kier molecular flexibility index (Phi) is 6.46. The minimum Gasteiger partial charge on any atom is -0.497 e. The van der Waals surface area contributed by atoms with Crippen molar-refractivity contribution >= 4 is 17.2 Å². The van der Waals surface area contributed by atoms with Crippen LogP contribution in [0.3, 0.4) is 0 Å². The van der Waals surface area contributed by atoms with Crippen LogP contribution < -0.4 is 14.8 Å². The average Bonchev–Trinajstić information content (AvgIpc) is 3.48. The van der Waals surface area contributed by atoms with E-state index in [1.165, 1.54) is 11.3 Å². The third-order valence-electron chi connectivity index (χ3n) is 4.51. The number of methoxy groups -OCH3 is 1. The molecule has 0 unspecified atom stereocenters. The molecule has 4 aromatic rings. The van der Waals surface area contributed by atoms with Gasteiger partial charge in [-0.2, -0.15) is 5.10 Å². The van der Waals surface area contributed by atoms with Crippen molar-refractivity contribution in [3.05, 3.63) is 65.4 Å². The van der Waals surface area contributed by atoms with Gasteiger partial charge in [-0.05, 0) is 62.4 Å². The molecule has 0 fully saturated rings. The van der Waals surface area contributed by atoms with Crippen LogP contribution in [0.2, 0.25) is 0 Å². The summed E-state index contributed by atoms with van der Waals surface area (Å²) in [5.74, 6) is 2.41. The Morgan fingerprint density at radius 1 is 1.03 bits per heavy atom. The van der Waals surface area contributed by atoms with Crippen molar-refractivity contribution in [2.24, 2.45) is 0 Å². The number of aromatic amines is 1. The molecular weight excluding hydrogens is 426 g/mol. The Bertz CT molecular complexity index is 1180. The summed E-state index contributed by atoms with van der Waals surface area (Å²) in [6.07, 6.45) is 0.118. The zero-order valence-corrected chi connectivity index (χ0v) is 18.8. The standard InChI is InChI=1S/C23H23N5O3S/c1-14(2)31-18-10-6-16(7-11-18)23-25-19(13-32-23)22(29)24-12-20-26-21(28-27-20)15-4-8-17(30-3)9-5-15/h4-11,13-14H,12H2,1-3H3,(H,24,29)(H,26,27,28). The third-order valence-corrected chi connectivity index (χ3v) is 5.40. The SMILES string of the molecule is COc1ccc(-c2n[nH]c(CNC(=O)c3csc(-c4ccc(OC(C)C)cc4)n3)n2)cc1. The maximum atomic E-state index is 12.5. The van der Waals surface area contributed by atoms with Gasteiger partial charge in [-0.25, -0.2) is 9.97 Å². The van der Waals surface area contributed by atoms with Crippen molar-refractivity contribution in [3.8, 4) is 33.5 Å². The highest BCUT2D eigenvalue weighted by atomic mass is 32.1. The normalized spacial score (nSPS) is 10.9. The van der Waals surface area contributed by atoms with Gasteiger partial charge in [0.1, 0.15) is 28.0 Å². The quantitative estimate of drug-likeness (QED) is 0.415. The topological polar surface area (TPSA) is 102 Å². The minimum absolute atomic E-state index is 0.118. The Balaban J connectivity index is 1.36. The summed E-state index contributed by atoms with van der Waals surface area (Å²) >= 11 is 1.42. The Morgan fingerprint density at radius 2 is 1.72 bits per heavy atom. The number of aromatic nitrogens is 4. The molecule has 0 atom stereocenters. The zero-order chi connectivity index (χ0) is 22.5. The van der Waals surface area contributed by atoms with E-state index in [9.17, 15) is 4.79 Å². The molecule has 164 valence electrons. The molecule has 32 heavy (non-hydrogen) atoms. The molecule has 2 aromatic heterocycles. The van der Waals surface area contributed by atoms with E-state index in [2.05, 4.69) is 25.5 Å². The smallest absolute Gasteiger partial charge is 0.271 e. The first kappa shape index (κ1) is 21.5. The van der Waals surface area contributed by atoms with Crippen molar-refractivity contribution in [2.45, 2.75) is 26.5 Å². The van der Waals surface area contributed by atoms with E-state index in [4.69, 9.17) is 9.47 Å². The lowest BCUT2D eigenvalue weighted by Crippen LogP contribution is -2.23. The number of H-pyrrole nitrogens is 1. The minimum atomic E-state index is -0.269. The summed E-state index contributed by atoms with van der Waals surface area (Å²) in [4.78, 5) is 21.4. The van der Waals surface area contributed by atoms with Crippen molar-refractivity contribution < 1.29 is 14.3 Å². The summed E-state index contributed by atoms with van der Waals surface area (Å²) in [5.41, 5.74) is 2.15. The molecule has 0 aliphatic carbocycles. The Hall–Kier alpha value is -3.72. The van der Waals surface area contributed by atoms with Crippen molar-refractivity contribution in [3.63, 3.8) is 0 Å². The number of carbonyl (C=O) groups excluding carboxylic acids is 1. The van der Waals surface area contributed by atoms with Gasteiger partial charge in [0, 0.05) is 16.5 Å². The van der Waals surface area contributed by atoms with E-state index in [0.29, 0.717) is 17.3 Å². The maximum absolute atomic E-state index is 12.5. The number of nitrogens with zero attached hydrogens (tertiary/aromatic N) is 3. The second-order valence-corrected chi connectivity index (χ2v) is 8.10. The predicted octanol–water partition coefficient (Wildman–Crippen LogP) is 4.32. The fraction of sp³-hybridized carbons (Fsp3) is 0.217. The number of ether oxygens (including phenoxy) is 2. The summed E-state index contributed by atoms with van der Waals surface area (Å²) in [7, 11) is 1.62. The predicted molar refractivity (Wildman–Crippen MR) is 123 cm³/mol. The Labute approximate surface area is 189 Å². The lowest BCUT2D eigenvalue weighted by Gasteiger charge is -2.09. The number of thiazole rings is 1. The van der Waals surface area contributed by atoms with Crippen LogP contribution >= 0.6 is 11.3 Å². The van der Waals surface area contributed by atoms with Gasteiger partial charge < -0.3 is 14.8 Å². The number of hydrogen-bond donors (Lipinski definition) is 2. The van der Waals surface area contributed by atoms with Gasteiger partial charge in [0.05, 0.1) is 19.8 Å². The van der Waals surface area contributed by atoms with E-state index in [1.807, 2.05) is 62.4 Å². The lowest BCUT2D eigenvalue weighted by atomic mass is 10.2. The molecule has 0 spiro atoms. The molecule has 2 N–H and O–H groups in total. The summed E-state index contributed by atoms with van der Waals surface area (Å²) in [6, 6.07) is 15.1. The van der Waals surface area contributed by atoms with Gasteiger partial charge in [0.25, 0.3) is 5.91 Å². The molecular formula is C23H23N5O3S. The zero-order valence-electron chi connectivity index (χ0n) is 18.0. The Morgan fingerprint density at radius 3 is 2.41 bits per heavy atom. The number of carbonyl (C=O) groups is 1. The highest BCUT2D eigenvalue weighted by molar-refractivity contribution is 7.13. The van der Waals surface area contributed by atoms with Crippen LogP contribution in [0, 0.1) is 0 Å². The van der Waals surface area contributed by atoms with Crippen molar-refractivity contribution in [1.82, 2.24) is 25.5 Å². The molecule has 0 saturated carbocycles. The molecule has 0 radical (unpaired) electrons. The van der Waals surface area contributed by atoms with Gasteiger partial charge in [0.15, 0.2) is 5.82 Å². The van der Waals surface area contributed by atoms with E-state index >= 15 is 0 Å². The fourth-order valence-electron chi connectivity index (χ4n) is 2.96. The van der Waals surface area contributed by atoms with Crippen LogP contribution in [-0.2, 0) is 6.54 Å². The van der Waals surface area contributed by atoms with E-state index < -0.39 is 0 Å². The van der Waals surface area contributed by atoms with Gasteiger partial charge in [-0.1, -0.05) is 0 Å². The molecule has 2 heterocycles. The fourth-order valence-corrected chi connectivity index (χ4v) is 3.76. The summed E-state index contributed by atoms with van der Waals surface area (Å²) in [6.45, 7) is 4.19. The first-order valence-electron chi connectivity index (χ1n) is 10.1. The number of benzene rings is 2. The summed E-state index contributed by atoms with van der Waals surface area (Å²) in [5, 5.41) is 12.4. The second-order valence-electron chi connectivity index (χ2n) is 7.25. The maximum Gasteiger partial charge on any atom is 0.271 e. The molecule has 0 aliphatic heterocycles. The molecule has 0 bridgehead atoms. The first-order valence-corrected chi connectivity index (χ1v) is 11.0. The van der Waals surface area contributed by atoms with Gasteiger partial charge in [-0.3, -0.25) is 9.89 Å². The number of amides is 1. The number of hydrogen-bond acceptors (Lipinski definition) is 7. The van der Waals surface area contributed by atoms with Crippen LogP contribution in [0.25, 0.3) is 22.0 Å². The van der Waals surface area contributed by atoms with Gasteiger partial charge >= 0.3 is 0 Å². The molecule has 2 aromatic carbocycles. The van der Waals surface area contributed by atoms with Crippen LogP contribution in [0.5, 0.6) is 11.5 Å². The largest absolute Gasteiger partial charge is 0.497 e. The highest BCUT2D eigenvalue weighted by Crippen LogP contribution is 2.26. The van der Waals surface area contributed by atoms with E-state index in [-0.39, 0.29) is 18.6 Å². The molecule has 0 aliphatic rings. The molecule has 1 amide bonds. The molecule has 0 saturated heterocycles. The highest BCUT2D eigenvalue weighted by Gasteiger charge is 2.13. The third kappa shape index (κ3) is 5.12. The van der Waals surface area contributed by atoms with Gasteiger partial charge in [0.2, 0.25) is 0 Å². The summed E-state index contributed by atoms with van der Waals surface area (Å²) < 4.78 is 10.8. The van der Waals surface area contributed by atoms with Gasteiger partial charge in [-0.15, -0.1) is 11.3 Å². The number of nitrogens with one attached hydrogen (secondary N) is 2. The van der Waals surface area contributed by atoms with Crippen LogP contribution in [0.4, 0.5) is 0 Å². The van der Waals surface area contributed by atoms with Crippen LogP contribution in [-0.4, -0.2) is 39.3 Å². The van der Waals surface area contributed by atoms with Crippen LogP contribution in [0.1, 0.15) is 30.2 Å². The number of rotatable bonds is 8. The molecule has 8 nitrogen and oxygen atoms in total. The van der Waals surface area contributed by atoms with E-state index in [1.54, 1.807) is 12.5 Å². The van der Waals surface area contributed by atoms with Crippen molar-refractivity contribution in [2.75, 3.05) is 7.11 Å². The molecule has 4 rings (SSSR count). The van der Waals surface area contributed by atoms with Crippen molar-refractivity contribution in [1.29, 1.82) is 0 Å². The lowest BCUT2D eigenvalue weighted by molar-refractivity contribution is 0.0945. The average molecular weight is 450 g/mol. The molecule has 9 heteroatoms. The van der Waals surface area contributed by atoms with Crippen LogP contribution in [0.15, 0.2) is 53.9 Å². The van der Waals surface area contributed by atoms with E-state index in [0.717, 1.165) is 27.6 Å². The first-order chi connectivity index (χ1) is 15.5. The monoisotopic (exact) mass is 449 g/mol. The second kappa shape index (κ2) is 9.61.